The number of carbonyl (C=O) groups is 1. The van der Waals surface area contributed by atoms with Crippen LogP contribution in [0.15, 0.2) is 57.7 Å². The van der Waals surface area contributed by atoms with E-state index in [9.17, 15) is 9.59 Å². The van der Waals surface area contributed by atoms with E-state index in [2.05, 4.69) is 23.6 Å². The maximum absolute atomic E-state index is 11.9. The first-order valence-corrected chi connectivity index (χ1v) is 9.33. The van der Waals surface area contributed by atoms with Gasteiger partial charge in [-0.1, -0.05) is 19.1 Å². The Morgan fingerprint density at radius 2 is 1.81 bits per heavy atom. The van der Waals surface area contributed by atoms with Crippen molar-refractivity contribution in [3.63, 3.8) is 0 Å². The molecule has 2 aromatic carbocycles. The third kappa shape index (κ3) is 4.03. The normalized spacial score (nSPS) is 13.5. The van der Waals surface area contributed by atoms with Gasteiger partial charge in [0.1, 0.15) is 5.58 Å². The molecule has 0 atom stereocenters. The van der Waals surface area contributed by atoms with Gasteiger partial charge in [-0.15, -0.1) is 0 Å². The molecule has 0 radical (unpaired) electrons. The Balaban J connectivity index is 1.48. The fraction of sp³-hybridized carbons (Fsp3) is 0.273. The zero-order chi connectivity index (χ0) is 18.8. The van der Waals surface area contributed by atoms with Gasteiger partial charge in [-0.2, -0.15) is 0 Å². The van der Waals surface area contributed by atoms with Crippen LogP contribution in [0.2, 0.25) is 0 Å². The Morgan fingerprint density at radius 1 is 1.07 bits per heavy atom. The van der Waals surface area contributed by atoms with E-state index in [4.69, 9.17) is 4.42 Å². The van der Waals surface area contributed by atoms with E-state index < -0.39 is 0 Å². The lowest BCUT2D eigenvalue weighted by molar-refractivity contribution is -0.117. The highest BCUT2D eigenvalue weighted by atomic mass is 16.4. The molecular formula is C22H22N2O3. The average Bonchev–Trinajstić information content (AvgIpc) is 3.52. The molecular weight excluding hydrogens is 340 g/mol. The first kappa shape index (κ1) is 17.3. The Morgan fingerprint density at radius 3 is 2.52 bits per heavy atom. The van der Waals surface area contributed by atoms with Crippen molar-refractivity contribution in [3.05, 3.63) is 70.1 Å². The number of fused-ring (bicyclic) bond motifs is 1. The summed E-state index contributed by atoms with van der Waals surface area (Å²) in [6.07, 6.45) is 2.88. The first-order valence-electron chi connectivity index (χ1n) is 9.33. The van der Waals surface area contributed by atoms with Crippen molar-refractivity contribution in [2.75, 3.05) is 10.6 Å². The van der Waals surface area contributed by atoms with Crippen LogP contribution in [0.1, 0.15) is 30.9 Å². The molecule has 1 saturated carbocycles. The number of anilines is 2. The summed E-state index contributed by atoms with van der Waals surface area (Å²) < 4.78 is 5.35. The van der Waals surface area contributed by atoms with Crippen LogP contribution in [-0.4, -0.2) is 5.91 Å². The Labute approximate surface area is 157 Å². The topological polar surface area (TPSA) is 71.3 Å². The van der Waals surface area contributed by atoms with E-state index >= 15 is 0 Å². The van der Waals surface area contributed by atoms with Crippen LogP contribution in [-0.2, 0) is 17.8 Å². The molecule has 1 aliphatic carbocycles. The third-order valence-corrected chi connectivity index (χ3v) is 4.89. The molecule has 138 valence electrons. The molecule has 4 rings (SSSR count). The minimum atomic E-state index is -0.342. The van der Waals surface area contributed by atoms with Gasteiger partial charge >= 0.3 is 5.63 Å². The predicted octanol–water partition coefficient (Wildman–Crippen LogP) is 4.32. The molecule has 27 heavy (non-hydrogen) atoms. The van der Waals surface area contributed by atoms with Gasteiger partial charge in [-0.05, 0) is 60.7 Å². The number of amides is 1. The van der Waals surface area contributed by atoms with Crippen LogP contribution in [0.5, 0.6) is 0 Å². The summed E-state index contributed by atoms with van der Waals surface area (Å²) in [6, 6.07) is 15.1. The zero-order valence-corrected chi connectivity index (χ0v) is 15.2. The van der Waals surface area contributed by atoms with E-state index in [1.165, 1.54) is 6.07 Å². The second kappa shape index (κ2) is 7.27. The quantitative estimate of drug-likeness (QED) is 0.641. The smallest absolute Gasteiger partial charge is 0.336 e. The number of carbonyl (C=O) groups excluding carboxylic acids is 1. The predicted molar refractivity (Wildman–Crippen MR) is 107 cm³/mol. The molecule has 5 heteroatoms. The van der Waals surface area contributed by atoms with E-state index in [-0.39, 0.29) is 17.5 Å². The maximum atomic E-state index is 11.9. The second-order valence-corrected chi connectivity index (χ2v) is 6.97. The molecule has 5 nitrogen and oxygen atoms in total. The Hall–Kier alpha value is -3.08. The van der Waals surface area contributed by atoms with Gasteiger partial charge in [0.05, 0.1) is 0 Å². The minimum absolute atomic E-state index is 0.102. The highest BCUT2D eigenvalue weighted by Gasteiger charge is 2.29. The van der Waals surface area contributed by atoms with E-state index in [0.29, 0.717) is 12.1 Å². The molecule has 0 aliphatic heterocycles. The summed E-state index contributed by atoms with van der Waals surface area (Å²) in [4.78, 5) is 23.7. The molecule has 3 aromatic rings. The highest BCUT2D eigenvalue weighted by molar-refractivity contribution is 5.94. The Kier molecular flexibility index (Phi) is 4.67. The van der Waals surface area contributed by atoms with Crippen molar-refractivity contribution < 1.29 is 9.21 Å². The molecule has 2 N–H and O–H groups in total. The van der Waals surface area contributed by atoms with Crippen LogP contribution in [0.3, 0.4) is 0 Å². The molecule has 0 unspecified atom stereocenters. The fourth-order valence-electron chi connectivity index (χ4n) is 3.10. The highest BCUT2D eigenvalue weighted by Crippen LogP contribution is 2.30. The summed E-state index contributed by atoms with van der Waals surface area (Å²) in [5, 5.41) is 7.20. The van der Waals surface area contributed by atoms with Gasteiger partial charge in [0.2, 0.25) is 5.91 Å². The van der Waals surface area contributed by atoms with Crippen molar-refractivity contribution in [3.8, 4) is 0 Å². The molecule has 1 aromatic heterocycles. The number of rotatable bonds is 6. The summed E-state index contributed by atoms with van der Waals surface area (Å²) >= 11 is 0. The van der Waals surface area contributed by atoms with Gasteiger partial charge in [0.15, 0.2) is 0 Å². The summed E-state index contributed by atoms with van der Waals surface area (Å²) in [5.74, 6) is 0.290. The molecule has 1 heterocycles. The molecule has 0 bridgehead atoms. The van der Waals surface area contributed by atoms with Crippen LogP contribution < -0.4 is 16.3 Å². The standard InChI is InChI=1S/C22H22N2O3/c1-2-14-3-10-19-16(12-21(25)27-20(19)11-14)13-23-17-6-8-18(9-7-17)24-22(26)15-4-5-15/h3,6-12,15,23H,2,4-5,13H2,1H3,(H,24,26). The maximum Gasteiger partial charge on any atom is 0.336 e. The zero-order valence-electron chi connectivity index (χ0n) is 15.2. The molecule has 1 amide bonds. The monoisotopic (exact) mass is 362 g/mol. The molecule has 1 aliphatic rings. The van der Waals surface area contributed by atoms with Gasteiger partial charge in [0, 0.05) is 35.3 Å². The van der Waals surface area contributed by atoms with Crippen molar-refractivity contribution in [2.45, 2.75) is 32.7 Å². The first-order chi connectivity index (χ1) is 13.1. The van der Waals surface area contributed by atoms with Crippen molar-refractivity contribution in [1.29, 1.82) is 0 Å². The molecule has 0 spiro atoms. The number of hydrogen-bond acceptors (Lipinski definition) is 4. The Bertz CT molecular complexity index is 1030. The van der Waals surface area contributed by atoms with Crippen LogP contribution in [0.4, 0.5) is 11.4 Å². The summed E-state index contributed by atoms with van der Waals surface area (Å²) in [6.45, 7) is 2.59. The molecule has 0 saturated heterocycles. The number of hydrogen-bond donors (Lipinski definition) is 2. The van der Waals surface area contributed by atoms with E-state index in [0.717, 1.165) is 47.2 Å². The number of aryl methyl sites for hydroxylation is 1. The summed E-state index contributed by atoms with van der Waals surface area (Å²) in [7, 11) is 0. The lowest BCUT2D eigenvalue weighted by atomic mass is 10.1. The fourth-order valence-corrected chi connectivity index (χ4v) is 3.10. The average molecular weight is 362 g/mol. The van der Waals surface area contributed by atoms with Crippen LogP contribution >= 0.6 is 0 Å². The van der Waals surface area contributed by atoms with Gasteiger partial charge in [0.25, 0.3) is 0 Å². The minimum Gasteiger partial charge on any atom is -0.423 e. The number of benzene rings is 2. The largest absolute Gasteiger partial charge is 0.423 e. The number of nitrogens with one attached hydrogen (secondary N) is 2. The van der Waals surface area contributed by atoms with Gasteiger partial charge in [-0.25, -0.2) is 4.79 Å². The molecule has 1 fully saturated rings. The van der Waals surface area contributed by atoms with Crippen molar-refractivity contribution >= 4 is 28.3 Å². The second-order valence-electron chi connectivity index (χ2n) is 6.97. The van der Waals surface area contributed by atoms with E-state index in [1.807, 2.05) is 36.4 Å². The van der Waals surface area contributed by atoms with Crippen LogP contribution in [0.25, 0.3) is 11.0 Å². The van der Waals surface area contributed by atoms with E-state index in [1.54, 1.807) is 0 Å². The SMILES string of the molecule is CCc1ccc2c(CNc3ccc(NC(=O)C4CC4)cc3)cc(=O)oc2c1. The van der Waals surface area contributed by atoms with Crippen molar-refractivity contribution in [1.82, 2.24) is 0 Å². The van der Waals surface area contributed by atoms with Crippen molar-refractivity contribution in [2.24, 2.45) is 5.92 Å². The van der Waals surface area contributed by atoms with Gasteiger partial charge < -0.3 is 15.1 Å². The third-order valence-electron chi connectivity index (χ3n) is 4.89. The lowest BCUT2D eigenvalue weighted by Gasteiger charge is -2.10. The summed E-state index contributed by atoms with van der Waals surface area (Å²) in [5.41, 5.74) is 4.04. The lowest BCUT2D eigenvalue weighted by Crippen LogP contribution is -2.13. The van der Waals surface area contributed by atoms with Crippen LogP contribution in [0, 0.1) is 5.92 Å². The van der Waals surface area contributed by atoms with Gasteiger partial charge in [-0.3, -0.25) is 4.79 Å².